The highest BCUT2D eigenvalue weighted by Gasteiger charge is 2.26. The predicted octanol–water partition coefficient (Wildman–Crippen LogP) is 3.95. The number of carbonyl (C=O) groups is 3. The number of benzene rings is 1. The van der Waals surface area contributed by atoms with Crippen LogP contribution in [0.15, 0.2) is 18.2 Å². The summed E-state index contributed by atoms with van der Waals surface area (Å²) >= 11 is 6.09. The number of hydrogen-bond acceptors (Lipinski definition) is 3. The number of rotatable bonds is 7. The third kappa shape index (κ3) is 7.04. The fraction of sp³-hybridized carbons (Fsp3) is 0.526. The maximum Gasteiger partial charge on any atom is 0.309 e. The Bertz CT molecular complexity index is 693. The van der Waals surface area contributed by atoms with Crippen molar-refractivity contribution >= 4 is 35.1 Å². The van der Waals surface area contributed by atoms with Crippen molar-refractivity contribution in [2.45, 2.75) is 47.5 Å². The predicted molar refractivity (Wildman–Crippen MR) is 103 cm³/mol. The third-order valence-corrected chi connectivity index (χ3v) is 4.13. The first-order chi connectivity index (χ1) is 11.8. The van der Waals surface area contributed by atoms with Gasteiger partial charge in [0.1, 0.15) is 0 Å². The van der Waals surface area contributed by atoms with Gasteiger partial charge in [0, 0.05) is 18.7 Å². The van der Waals surface area contributed by atoms with E-state index in [4.69, 9.17) is 16.7 Å². The Kier molecular flexibility index (Phi) is 7.21. The van der Waals surface area contributed by atoms with Gasteiger partial charge in [0.25, 0.3) is 5.91 Å². The molecule has 0 aliphatic carbocycles. The number of halogens is 1. The van der Waals surface area contributed by atoms with Gasteiger partial charge in [-0.15, -0.1) is 0 Å². The van der Waals surface area contributed by atoms with E-state index in [9.17, 15) is 14.4 Å². The summed E-state index contributed by atoms with van der Waals surface area (Å²) in [7, 11) is 0. The summed E-state index contributed by atoms with van der Waals surface area (Å²) in [4.78, 5) is 35.5. The summed E-state index contributed by atoms with van der Waals surface area (Å²) in [5, 5.41) is 14.8. The first-order valence-corrected chi connectivity index (χ1v) is 8.81. The van der Waals surface area contributed by atoms with Gasteiger partial charge in [-0.05, 0) is 43.9 Å². The zero-order valence-corrected chi connectivity index (χ0v) is 16.7. The second-order valence-corrected chi connectivity index (χ2v) is 8.58. The second-order valence-electron chi connectivity index (χ2n) is 8.18. The lowest BCUT2D eigenvalue weighted by Crippen LogP contribution is -2.32. The van der Waals surface area contributed by atoms with Gasteiger partial charge in [0.2, 0.25) is 5.91 Å². The number of aliphatic carboxylic acids is 1. The lowest BCUT2D eigenvalue weighted by atomic mass is 9.90. The highest BCUT2D eigenvalue weighted by Crippen LogP contribution is 2.24. The topological polar surface area (TPSA) is 95.5 Å². The molecule has 26 heavy (non-hydrogen) atoms. The molecule has 0 saturated carbocycles. The summed E-state index contributed by atoms with van der Waals surface area (Å²) in [5.41, 5.74) is -0.360. The van der Waals surface area contributed by atoms with Gasteiger partial charge in [-0.25, -0.2) is 0 Å². The molecule has 0 unspecified atom stereocenters. The molecule has 2 amide bonds. The van der Waals surface area contributed by atoms with E-state index in [-0.39, 0.29) is 34.9 Å². The second kappa shape index (κ2) is 8.54. The fourth-order valence-electron chi connectivity index (χ4n) is 2.15. The van der Waals surface area contributed by atoms with Crippen LogP contribution >= 0.6 is 11.6 Å². The SMILES string of the molecule is CC(C)(C)CC(=O)Nc1ccc(Cl)c(C(=O)NCCC(C)(C)C(=O)O)c1. The number of nitrogens with one attached hydrogen (secondary N) is 2. The zero-order chi connectivity index (χ0) is 20.1. The van der Waals surface area contributed by atoms with Gasteiger partial charge in [-0.2, -0.15) is 0 Å². The molecule has 0 saturated heterocycles. The molecule has 1 rings (SSSR count). The van der Waals surface area contributed by atoms with Crippen molar-refractivity contribution in [2.24, 2.45) is 10.8 Å². The molecule has 7 heteroatoms. The molecule has 0 aromatic heterocycles. The summed E-state index contributed by atoms with van der Waals surface area (Å²) in [6, 6.07) is 4.69. The lowest BCUT2D eigenvalue weighted by molar-refractivity contribution is -0.147. The van der Waals surface area contributed by atoms with E-state index in [1.807, 2.05) is 20.8 Å². The highest BCUT2D eigenvalue weighted by molar-refractivity contribution is 6.34. The summed E-state index contributed by atoms with van der Waals surface area (Å²) < 4.78 is 0. The van der Waals surface area contributed by atoms with Crippen molar-refractivity contribution in [3.63, 3.8) is 0 Å². The smallest absolute Gasteiger partial charge is 0.309 e. The molecule has 0 spiro atoms. The quantitative estimate of drug-likeness (QED) is 0.665. The Morgan fingerprint density at radius 2 is 1.73 bits per heavy atom. The Morgan fingerprint density at radius 3 is 2.27 bits per heavy atom. The normalized spacial score (nSPS) is 11.8. The third-order valence-electron chi connectivity index (χ3n) is 3.80. The number of anilines is 1. The molecule has 0 bridgehead atoms. The monoisotopic (exact) mass is 382 g/mol. The van der Waals surface area contributed by atoms with Crippen LogP contribution in [0.1, 0.15) is 57.8 Å². The van der Waals surface area contributed by atoms with Crippen molar-refractivity contribution in [3.05, 3.63) is 28.8 Å². The van der Waals surface area contributed by atoms with Crippen molar-refractivity contribution in [1.82, 2.24) is 5.32 Å². The van der Waals surface area contributed by atoms with Crippen LogP contribution < -0.4 is 10.6 Å². The lowest BCUT2D eigenvalue weighted by Gasteiger charge is -2.19. The Balaban J connectivity index is 2.76. The molecule has 3 N–H and O–H groups in total. The van der Waals surface area contributed by atoms with Gasteiger partial charge in [0.05, 0.1) is 16.0 Å². The van der Waals surface area contributed by atoms with Crippen LogP contribution in [-0.4, -0.2) is 29.4 Å². The first kappa shape index (κ1) is 22.0. The van der Waals surface area contributed by atoms with E-state index in [1.54, 1.807) is 26.0 Å². The van der Waals surface area contributed by atoms with E-state index in [2.05, 4.69) is 10.6 Å². The van der Waals surface area contributed by atoms with E-state index in [1.165, 1.54) is 6.07 Å². The Morgan fingerprint density at radius 1 is 1.12 bits per heavy atom. The Labute approximate surface area is 159 Å². The van der Waals surface area contributed by atoms with Gasteiger partial charge < -0.3 is 15.7 Å². The zero-order valence-electron chi connectivity index (χ0n) is 15.9. The summed E-state index contributed by atoms with van der Waals surface area (Å²) in [6.45, 7) is 9.29. The number of carbonyl (C=O) groups excluding carboxylic acids is 2. The van der Waals surface area contributed by atoms with E-state index < -0.39 is 17.3 Å². The van der Waals surface area contributed by atoms with Gasteiger partial charge in [0.15, 0.2) is 0 Å². The molecular weight excluding hydrogens is 356 g/mol. The molecular formula is C19H27ClN2O4. The highest BCUT2D eigenvalue weighted by atomic mass is 35.5. The van der Waals surface area contributed by atoms with Crippen molar-refractivity contribution in [3.8, 4) is 0 Å². The molecule has 6 nitrogen and oxygen atoms in total. The van der Waals surface area contributed by atoms with E-state index >= 15 is 0 Å². The molecule has 0 aliphatic heterocycles. The molecule has 0 atom stereocenters. The first-order valence-electron chi connectivity index (χ1n) is 8.43. The molecule has 1 aromatic rings. The summed E-state index contributed by atoms with van der Waals surface area (Å²) in [6.07, 6.45) is 0.634. The number of hydrogen-bond donors (Lipinski definition) is 3. The molecule has 0 aliphatic rings. The number of amides is 2. The van der Waals surface area contributed by atoms with Crippen LogP contribution in [0.2, 0.25) is 5.02 Å². The van der Waals surface area contributed by atoms with E-state index in [0.717, 1.165) is 0 Å². The minimum atomic E-state index is -0.931. The number of carboxylic acids is 1. The van der Waals surface area contributed by atoms with Crippen LogP contribution in [-0.2, 0) is 9.59 Å². The molecule has 0 radical (unpaired) electrons. The maximum absolute atomic E-state index is 12.3. The van der Waals surface area contributed by atoms with Crippen LogP contribution in [0.3, 0.4) is 0 Å². The fourth-order valence-corrected chi connectivity index (χ4v) is 2.36. The molecule has 144 valence electrons. The Hall–Kier alpha value is -2.08. The molecule has 0 heterocycles. The van der Waals surface area contributed by atoms with Gasteiger partial charge >= 0.3 is 5.97 Å². The largest absolute Gasteiger partial charge is 0.481 e. The number of carboxylic acid groups (broad SMARTS) is 1. The van der Waals surface area contributed by atoms with E-state index in [0.29, 0.717) is 12.1 Å². The molecule has 1 aromatic carbocycles. The standard InChI is InChI=1S/C19H27ClN2O4/c1-18(2,3)11-15(23)22-12-6-7-14(20)13(10-12)16(24)21-9-8-19(4,5)17(25)26/h6-7,10H,8-9,11H2,1-5H3,(H,21,24)(H,22,23)(H,25,26). The van der Waals surface area contributed by atoms with Crippen LogP contribution in [0, 0.1) is 10.8 Å². The minimum Gasteiger partial charge on any atom is -0.481 e. The maximum atomic E-state index is 12.3. The van der Waals surface area contributed by atoms with Gasteiger partial charge in [-0.3, -0.25) is 14.4 Å². The van der Waals surface area contributed by atoms with Crippen LogP contribution in [0.5, 0.6) is 0 Å². The molecule has 0 fully saturated rings. The summed E-state index contributed by atoms with van der Waals surface area (Å²) in [5.74, 6) is -1.48. The van der Waals surface area contributed by atoms with Crippen molar-refractivity contribution < 1.29 is 19.5 Å². The van der Waals surface area contributed by atoms with Crippen LogP contribution in [0.4, 0.5) is 5.69 Å². The van der Waals surface area contributed by atoms with Crippen molar-refractivity contribution in [2.75, 3.05) is 11.9 Å². The van der Waals surface area contributed by atoms with Gasteiger partial charge in [-0.1, -0.05) is 32.4 Å². The van der Waals surface area contributed by atoms with Crippen LogP contribution in [0.25, 0.3) is 0 Å². The minimum absolute atomic E-state index is 0.144. The average Bonchev–Trinajstić information content (AvgIpc) is 2.46. The average molecular weight is 383 g/mol. The van der Waals surface area contributed by atoms with Crippen molar-refractivity contribution in [1.29, 1.82) is 0 Å².